The largest absolute Gasteiger partial charge is 0.291 e. The van der Waals surface area contributed by atoms with E-state index in [1.54, 1.807) is 0 Å². The van der Waals surface area contributed by atoms with Crippen LogP contribution >= 0.6 is 0 Å². The van der Waals surface area contributed by atoms with Crippen LogP contribution in [0.25, 0.3) is 93.6 Å². The SMILES string of the molecule is N#Cc1ccc(-c2nc3c4cc(-c5ccc6cc(-c7ccc8ccccc8c7)ccc6c5)ccc4c4ccccc4n3c2-c2ccc(C#N)cc2)cc1. The summed E-state index contributed by atoms with van der Waals surface area (Å²) >= 11 is 0. The third-order valence-corrected chi connectivity index (χ3v) is 10.4. The molecule has 4 nitrogen and oxygen atoms in total. The summed E-state index contributed by atoms with van der Waals surface area (Å²) in [6, 6.07) is 63.4. The first-order chi connectivity index (χ1) is 26.1. The van der Waals surface area contributed by atoms with Crippen molar-refractivity contribution in [2.24, 2.45) is 0 Å². The van der Waals surface area contributed by atoms with Crippen molar-refractivity contribution in [3.05, 3.63) is 181 Å². The Labute approximate surface area is 305 Å². The average Bonchev–Trinajstić information content (AvgIpc) is 3.64. The van der Waals surface area contributed by atoms with Gasteiger partial charge in [-0.15, -0.1) is 0 Å². The van der Waals surface area contributed by atoms with Crippen molar-refractivity contribution in [1.82, 2.24) is 9.38 Å². The van der Waals surface area contributed by atoms with Crippen LogP contribution in [0.15, 0.2) is 170 Å². The molecule has 0 saturated heterocycles. The summed E-state index contributed by atoms with van der Waals surface area (Å²) < 4.78 is 2.26. The minimum atomic E-state index is 0.596. The van der Waals surface area contributed by atoms with Gasteiger partial charge < -0.3 is 0 Å². The molecule has 0 fully saturated rings. The molecule has 10 rings (SSSR count). The van der Waals surface area contributed by atoms with Crippen molar-refractivity contribution < 1.29 is 0 Å². The van der Waals surface area contributed by atoms with Gasteiger partial charge in [-0.05, 0) is 104 Å². The molecule has 0 bridgehead atoms. The van der Waals surface area contributed by atoms with Crippen LogP contribution in [0.5, 0.6) is 0 Å². The lowest BCUT2D eigenvalue weighted by atomic mass is 9.95. The third-order valence-electron chi connectivity index (χ3n) is 10.4. The topological polar surface area (TPSA) is 64.9 Å². The summed E-state index contributed by atoms with van der Waals surface area (Å²) in [5.41, 5.74) is 11.4. The highest BCUT2D eigenvalue weighted by Gasteiger charge is 2.21. The van der Waals surface area contributed by atoms with Gasteiger partial charge in [0.15, 0.2) is 0 Å². The molecule has 244 valence electrons. The fourth-order valence-electron chi connectivity index (χ4n) is 7.72. The van der Waals surface area contributed by atoms with Gasteiger partial charge in [-0.2, -0.15) is 10.5 Å². The molecule has 53 heavy (non-hydrogen) atoms. The number of aromatic nitrogens is 2. The zero-order chi connectivity index (χ0) is 35.5. The van der Waals surface area contributed by atoms with Gasteiger partial charge in [0.2, 0.25) is 0 Å². The first-order valence-electron chi connectivity index (χ1n) is 17.6. The van der Waals surface area contributed by atoms with Gasteiger partial charge in [-0.25, -0.2) is 4.98 Å². The van der Waals surface area contributed by atoms with Gasteiger partial charge in [-0.1, -0.05) is 115 Å². The van der Waals surface area contributed by atoms with Crippen LogP contribution in [-0.2, 0) is 0 Å². The lowest BCUT2D eigenvalue weighted by Gasteiger charge is -2.13. The van der Waals surface area contributed by atoms with Gasteiger partial charge >= 0.3 is 0 Å². The lowest BCUT2D eigenvalue weighted by molar-refractivity contribution is 1.27. The number of imidazole rings is 1. The Balaban J connectivity index is 1.16. The van der Waals surface area contributed by atoms with E-state index >= 15 is 0 Å². The molecule has 0 aliphatic rings. The van der Waals surface area contributed by atoms with E-state index in [-0.39, 0.29) is 0 Å². The van der Waals surface area contributed by atoms with Crippen molar-refractivity contribution in [2.45, 2.75) is 0 Å². The van der Waals surface area contributed by atoms with Gasteiger partial charge in [0.05, 0.1) is 40.2 Å². The molecule has 10 aromatic rings. The van der Waals surface area contributed by atoms with Gasteiger partial charge in [0, 0.05) is 21.9 Å². The highest BCUT2D eigenvalue weighted by Crippen LogP contribution is 2.40. The molecule has 0 amide bonds. The van der Waals surface area contributed by atoms with Gasteiger partial charge in [0.1, 0.15) is 5.65 Å². The second-order valence-corrected chi connectivity index (χ2v) is 13.5. The number of pyridine rings is 1. The fraction of sp³-hybridized carbons (Fsp3) is 0. The predicted octanol–water partition coefficient (Wildman–Crippen LogP) is 12.4. The maximum atomic E-state index is 9.55. The van der Waals surface area contributed by atoms with Gasteiger partial charge in [0.25, 0.3) is 0 Å². The van der Waals surface area contributed by atoms with Crippen molar-refractivity contribution in [2.75, 3.05) is 0 Å². The average molecular weight is 673 g/mol. The minimum absolute atomic E-state index is 0.596. The van der Waals surface area contributed by atoms with E-state index in [1.807, 2.05) is 48.5 Å². The lowest BCUT2D eigenvalue weighted by Crippen LogP contribution is -1.95. The molecule has 0 aliphatic heterocycles. The van der Waals surface area contributed by atoms with Crippen LogP contribution in [0.1, 0.15) is 11.1 Å². The Hall–Kier alpha value is -7.53. The minimum Gasteiger partial charge on any atom is -0.291 e. The highest BCUT2D eigenvalue weighted by atomic mass is 15.0. The maximum absolute atomic E-state index is 9.55. The monoisotopic (exact) mass is 672 g/mol. The van der Waals surface area contributed by atoms with Crippen molar-refractivity contribution in [3.63, 3.8) is 0 Å². The normalized spacial score (nSPS) is 11.4. The molecular formula is C49H28N4. The van der Waals surface area contributed by atoms with E-state index in [0.717, 1.165) is 61.0 Å². The fourth-order valence-corrected chi connectivity index (χ4v) is 7.72. The van der Waals surface area contributed by atoms with Crippen LogP contribution < -0.4 is 0 Å². The number of fused-ring (bicyclic) bond motifs is 8. The number of hydrogen-bond acceptors (Lipinski definition) is 3. The molecule has 0 spiro atoms. The summed E-state index contributed by atoms with van der Waals surface area (Å²) in [6.45, 7) is 0. The van der Waals surface area contributed by atoms with Crippen molar-refractivity contribution >= 4 is 48.9 Å². The summed E-state index contributed by atoms with van der Waals surface area (Å²) in [7, 11) is 0. The molecule has 2 heterocycles. The number of para-hydroxylation sites is 1. The van der Waals surface area contributed by atoms with E-state index < -0.39 is 0 Å². The van der Waals surface area contributed by atoms with E-state index in [9.17, 15) is 10.5 Å². The molecule has 0 saturated carbocycles. The zero-order valence-corrected chi connectivity index (χ0v) is 28.5. The quantitative estimate of drug-likeness (QED) is 0.175. The zero-order valence-electron chi connectivity index (χ0n) is 28.5. The molecule has 0 N–H and O–H groups in total. The van der Waals surface area contributed by atoms with Crippen LogP contribution in [0.2, 0.25) is 0 Å². The van der Waals surface area contributed by atoms with E-state index in [2.05, 4.69) is 138 Å². The van der Waals surface area contributed by atoms with Crippen LogP contribution in [0.4, 0.5) is 0 Å². The molecule has 0 unspecified atom stereocenters. The Kier molecular flexibility index (Phi) is 6.90. The van der Waals surface area contributed by atoms with E-state index in [4.69, 9.17) is 4.98 Å². The van der Waals surface area contributed by atoms with E-state index in [0.29, 0.717) is 11.1 Å². The second-order valence-electron chi connectivity index (χ2n) is 13.5. The number of benzene rings is 8. The third kappa shape index (κ3) is 5.01. The smallest absolute Gasteiger partial charge is 0.146 e. The van der Waals surface area contributed by atoms with Crippen LogP contribution in [0, 0.1) is 22.7 Å². The second kappa shape index (κ2) is 12.1. The maximum Gasteiger partial charge on any atom is 0.146 e. The van der Waals surface area contributed by atoms with Crippen molar-refractivity contribution in [1.29, 1.82) is 10.5 Å². The molecule has 4 heteroatoms. The molecule has 0 aliphatic carbocycles. The number of rotatable bonds is 4. The predicted molar refractivity (Wildman–Crippen MR) is 216 cm³/mol. The summed E-state index contributed by atoms with van der Waals surface area (Å²) in [5.74, 6) is 0. The Morgan fingerprint density at radius 1 is 0.396 bits per heavy atom. The summed E-state index contributed by atoms with van der Waals surface area (Å²) in [4.78, 5) is 5.39. The number of nitrogens with zero attached hydrogens (tertiary/aromatic N) is 4. The van der Waals surface area contributed by atoms with Gasteiger partial charge in [-0.3, -0.25) is 4.40 Å². The molecule has 0 atom stereocenters. The van der Waals surface area contributed by atoms with E-state index in [1.165, 1.54) is 32.7 Å². The molecule has 0 radical (unpaired) electrons. The van der Waals surface area contributed by atoms with Crippen molar-refractivity contribution in [3.8, 4) is 56.9 Å². The summed E-state index contributed by atoms with van der Waals surface area (Å²) in [5, 5.41) is 27.2. The van der Waals surface area contributed by atoms with Crippen LogP contribution in [-0.4, -0.2) is 9.38 Å². The molecule has 8 aromatic carbocycles. The Morgan fingerprint density at radius 3 is 1.53 bits per heavy atom. The first-order valence-corrected chi connectivity index (χ1v) is 17.6. The Morgan fingerprint density at radius 2 is 0.887 bits per heavy atom. The standard InChI is InChI=1S/C49H28N4/c50-29-31-9-13-34(14-10-31)47-48(35-15-11-32(30-51)12-16-35)53-46-8-4-3-7-44(46)43-24-23-42(28-45(43)49(53)52-47)41-22-21-39-26-38(19-20-40(39)27-41)37-18-17-33-5-1-2-6-36(33)25-37/h1-28H. The highest BCUT2D eigenvalue weighted by molar-refractivity contribution is 6.14. The summed E-state index contributed by atoms with van der Waals surface area (Å²) in [6.07, 6.45) is 0. The molecule has 2 aromatic heterocycles. The van der Waals surface area contributed by atoms with Crippen LogP contribution in [0.3, 0.4) is 0 Å². The number of nitriles is 2. The Bertz CT molecular complexity index is 3170. The number of hydrogen-bond donors (Lipinski definition) is 0. The molecular weight excluding hydrogens is 645 g/mol. The first kappa shape index (κ1) is 30.3.